The van der Waals surface area contributed by atoms with Crippen LogP contribution in [0.2, 0.25) is 0 Å². The molecule has 0 saturated carbocycles. The van der Waals surface area contributed by atoms with Gasteiger partial charge in [0.1, 0.15) is 6.61 Å². The third kappa shape index (κ3) is 3.59. The Bertz CT molecular complexity index is 624. The van der Waals surface area contributed by atoms with Crippen LogP contribution < -0.4 is 10.2 Å². The molecule has 0 aliphatic carbocycles. The molecule has 7 heteroatoms. The van der Waals surface area contributed by atoms with Gasteiger partial charge in [-0.05, 0) is 26.0 Å². The van der Waals surface area contributed by atoms with Gasteiger partial charge in [-0.25, -0.2) is 9.82 Å². The fourth-order valence-corrected chi connectivity index (χ4v) is 2.07. The van der Waals surface area contributed by atoms with Crippen LogP contribution in [0.5, 0.6) is 5.75 Å². The molecule has 0 fully saturated rings. The highest BCUT2D eigenvalue weighted by Gasteiger charge is 2.26. The van der Waals surface area contributed by atoms with Crippen molar-refractivity contribution in [1.82, 2.24) is 5.43 Å². The van der Waals surface area contributed by atoms with Crippen molar-refractivity contribution in [2.24, 2.45) is 11.0 Å². The van der Waals surface area contributed by atoms with Crippen LogP contribution in [0.3, 0.4) is 0 Å². The first-order valence-corrected chi connectivity index (χ1v) is 6.89. The largest absolute Gasteiger partial charge is 0.487 e. The molecule has 0 aromatic heterocycles. The summed E-state index contributed by atoms with van der Waals surface area (Å²) in [6.07, 6.45) is 0.164. The molecule has 1 aliphatic heterocycles. The van der Waals surface area contributed by atoms with Gasteiger partial charge in [0.05, 0.1) is 11.3 Å². The van der Waals surface area contributed by atoms with E-state index in [1.165, 1.54) is 26.0 Å². The molecule has 1 aromatic carbocycles. The van der Waals surface area contributed by atoms with Crippen LogP contribution in [0.1, 0.15) is 32.8 Å². The molecular weight excluding hydrogens is 294 g/mol. The summed E-state index contributed by atoms with van der Waals surface area (Å²) >= 11 is 0. The number of rotatable bonds is 4. The summed E-state index contributed by atoms with van der Waals surface area (Å²) in [5, 5.41) is 13.4. The first kappa shape index (κ1) is 16.4. The number of nitrogens with one attached hydrogen (secondary N) is 1. The number of hydrazone groups is 1. The van der Waals surface area contributed by atoms with Crippen LogP contribution in [0.25, 0.3) is 0 Å². The first-order valence-electron chi connectivity index (χ1n) is 6.89. The number of hydrogen-bond acceptors (Lipinski definition) is 4. The smallest absolute Gasteiger partial charge is 0.240 e. The van der Waals surface area contributed by atoms with E-state index in [1.54, 1.807) is 6.92 Å². The molecule has 2 N–H and O–H groups in total. The number of amides is 1. The van der Waals surface area contributed by atoms with Crippen molar-refractivity contribution in [3.05, 3.63) is 29.3 Å². The van der Waals surface area contributed by atoms with E-state index < -0.39 is 17.2 Å². The van der Waals surface area contributed by atoms with Crippen LogP contribution >= 0.6 is 0 Å². The molecule has 1 atom stereocenters. The Kier molecular flexibility index (Phi) is 4.46. The Labute approximate surface area is 127 Å². The maximum absolute atomic E-state index is 14.2. The molecule has 0 saturated heterocycles. The molecule has 1 amide bonds. The van der Waals surface area contributed by atoms with Crippen LogP contribution in [0, 0.1) is 17.6 Å². The monoisotopic (exact) mass is 312 g/mol. The molecule has 0 spiro atoms. The Hall–Kier alpha value is -2.02. The minimum absolute atomic E-state index is 0.0133. The van der Waals surface area contributed by atoms with Crippen molar-refractivity contribution in [2.45, 2.75) is 32.8 Å². The van der Waals surface area contributed by atoms with Gasteiger partial charge in [-0.2, -0.15) is 9.49 Å². The van der Waals surface area contributed by atoms with Gasteiger partial charge in [0, 0.05) is 17.9 Å². The highest BCUT2D eigenvalue weighted by molar-refractivity contribution is 6.05. The standard InChI is InChI=1S/C15H18F2N2O3/c1-8-6-11(20)18-19-14(8)9-4-5-10(13(17)12(9)16)22-7-15(2,3)21/h4-5,8,21H,6-7H2,1-3H3,(H,18,20). The Morgan fingerprint density at radius 3 is 2.68 bits per heavy atom. The maximum atomic E-state index is 14.2. The summed E-state index contributed by atoms with van der Waals surface area (Å²) in [6.45, 7) is 4.54. The van der Waals surface area contributed by atoms with Gasteiger partial charge in [0.25, 0.3) is 0 Å². The summed E-state index contributed by atoms with van der Waals surface area (Å²) in [6, 6.07) is 2.64. The summed E-state index contributed by atoms with van der Waals surface area (Å²) < 4.78 is 33.4. The van der Waals surface area contributed by atoms with E-state index in [-0.39, 0.29) is 41.9 Å². The van der Waals surface area contributed by atoms with E-state index in [0.29, 0.717) is 0 Å². The molecule has 5 nitrogen and oxygen atoms in total. The van der Waals surface area contributed by atoms with Crippen molar-refractivity contribution in [1.29, 1.82) is 0 Å². The lowest BCUT2D eigenvalue weighted by Gasteiger charge is -2.21. The van der Waals surface area contributed by atoms with Gasteiger partial charge >= 0.3 is 0 Å². The molecule has 1 heterocycles. The number of carbonyl (C=O) groups excluding carboxylic acids is 1. The van der Waals surface area contributed by atoms with Crippen molar-refractivity contribution in [2.75, 3.05) is 6.61 Å². The van der Waals surface area contributed by atoms with Crippen LogP contribution in [0.4, 0.5) is 8.78 Å². The number of nitrogens with zero attached hydrogens (tertiary/aromatic N) is 1. The molecule has 22 heavy (non-hydrogen) atoms. The quantitative estimate of drug-likeness (QED) is 0.893. The zero-order chi connectivity index (χ0) is 16.5. The second-order valence-electron chi connectivity index (χ2n) is 5.98. The second kappa shape index (κ2) is 6.00. The molecule has 2 rings (SSSR count). The van der Waals surface area contributed by atoms with Crippen LogP contribution in [0.15, 0.2) is 17.2 Å². The average Bonchev–Trinajstić information content (AvgIpc) is 2.40. The van der Waals surface area contributed by atoms with Gasteiger partial charge in [-0.15, -0.1) is 0 Å². The third-order valence-corrected chi connectivity index (χ3v) is 3.16. The average molecular weight is 312 g/mol. The van der Waals surface area contributed by atoms with Gasteiger partial charge < -0.3 is 9.84 Å². The predicted molar refractivity (Wildman–Crippen MR) is 76.6 cm³/mol. The van der Waals surface area contributed by atoms with Gasteiger partial charge in [0.2, 0.25) is 11.7 Å². The first-order chi connectivity index (χ1) is 10.2. The van der Waals surface area contributed by atoms with E-state index >= 15 is 0 Å². The Morgan fingerprint density at radius 1 is 1.41 bits per heavy atom. The summed E-state index contributed by atoms with van der Waals surface area (Å²) in [5.74, 6) is -3.09. The second-order valence-corrected chi connectivity index (χ2v) is 5.98. The number of carbonyl (C=O) groups is 1. The topological polar surface area (TPSA) is 70.9 Å². The van der Waals surface area contributed by atoms with Crippen molar-refractivity contribution in [3.8, 4) is 5.75 Å². The van der Waals surface area contributed by atoms with Crippen molar-refractivity contribution in [3.63, 3.8) is 0 Å². The van der Waals surface area contributed by atoms with E-state index in [1.807, 2.05) is 0 Å². The van der Waals surface area contributed by atoms with Gasteiger partial charge in [-0.3, -0.25) is 4.79 Å². The lowest BCUT2D eigenvalue weighted by atomic mass is 9.93. The number of hydrogen-bond donors (Lipinski definition) is 2. The summed E-state index contributed by atoms with van der Waals surface area (Å²) in [5.41, 5.74) is 1.37. The minimum Gasteiger partial charge on any atom is -0.487 e. The van der Waals surface area contributed by atoms with Crippen molar-refractivity contribution >= 4 is 11.6 Å². The van der Waals surface area contributed by atoms with E-state index in [4.69, 9.17) is 4.74 Å². The summed E-state index contributed by atoms with van der Waals surface area (Å²) in [4.78, 5) is 11.2. The van der Waals surface area contributed by atoms with Gasteiger partial charge in [-0.1, -0.05) is 6.92 Å². The fourth-order valence-electron chi connectivity index (χ4n) is 2.07. The SMILES string of the molecule is CC1CC(=O)NN=C1c1ccc(OCC(C)(C)O)c(F)c1F. The molecule has 0 radical (unpaired) electrons. The normalized spacial score (nSPS) is 18.7. The molecule has 1 aliphatic rings. The number of aliphatic hydroxyl groups is 1. The van der Waals surface area contributed by atoms with Gasteiger partial charge in [0.15, 0.2) is 11.6 Å². The Morgan fingerprint density at radius 2 is 2.09 bits per heavy atom. The lowest BCUT2D eigenvalue weighted by Crippen LogP contribution is -2.32. The predicted octanol–water partition coefficient (Wildman–Crippen LogP) is 1.97. The third-order valence-electron chi connectivity index (χ3n) is 3.16. The lowest BCUT2D eigenvalue weighted by molar-refractivity contribution is -0.121. The number of ether oxygens (including phenoxy) is 1. The highest BCUT2D eigenvalue weighted by Crippen LogP contribution is 2.27. The zero-order valence-electron chi connectivity index (χ0n) is 12.6. The van der Waals surface area contributed by atoms with Crippen LogP contribution in [-0.4, -0.2) is 28.9 Å². The highest BCUT2D eigenvalue weighted by atomic mass is 19.2. The molecule has 0 bridgehead atoms. The Balaban J connectivity index is 2.29. The maximum Gasteiger partial charge on any atom is 0.240 e. The fraction of sp³-hybridized carbons (Fsp3) is 0.467. The van der Waals surface area contributed by atoms with E-state index in [9.17, 15) is 18.7 Å². The van der Waals surface area contributed by atoms with E-state index in [2.05, 4.69) is 10.5 Å². The molecule has 1 unspecified atom stereocenters. The molecule has 1 aromatic rings. The minimum atomic E-state index is -1.16. The zero-order valence-corrected chi connectivity index (χ0v) is 12.6. The van der Waals surface area contributed by atoms with E-state index in [0.717, 1.165) is 0 Å². The van der Waals surface area contributed by atoms with Crippen molar-refractivity contribution < 1.29 is 23.4 Å². The number of benzene rings is 1. The summed E-state index contributed by atoms with van der Waals surface area (Å²) in [7, 11) is 0. The van der Waals surface area contributed by atoms with Crippen LogP contribution in [-0.2, 0) is 4.79 Å². The molecular formula is C15H18F2N2O3. The number of halogens is 2. The molecule has 120 valence electrons.